The molecule has 160 valence electrons. The standard InChI is InChI=1S/C21H20N4O5S/c1-13(26)25-9-6-15(7-10-25)29-18-5-8-22-20(23-18)30-16-4-2-3-14(11-16)12-17-19(27)24-21(28)31-17/h2-5,8,11-12,15H,6-7,9-10H2,1H3,(H,24,27,28)/b17-12-. The van der Waals surface area contributed by atoms with E-state index in [9.17, 15) is 14.4 Å². The van der Waals surface area contributed by atoms with Gasteiger partial charge in [0.1, 0.15) is 11.9 Å². The van der Waals surface area contributed by atoms with Crippen LogP contribution in [0.25, 0.3) is 6.08 Å². The van der Waals surface area contributed by atoms with Gasteiger partial charge < -0.3 is 14.4 Å². The van der Waals surface area contributed by atoms with Crippen molar-refractivity contribution in [1.82, 2.24) is 20.2 Å². The summed E-state index contributed by atoms with van der Waals surface area (Å²) in [5, 5.41) is 1.83. The van der Waals surface area contributed by atoms with Crippen molar-refractivity contribution in [3.8, 4) is 17.6 Å². The van der Waals surface area contributed by atoms with Crippen molar-refractivity contribution in [2.24, 2.45) is 0 Å². The van der Waals surface area contributed by atoms with E-state index in [2.05, 4.69) is 15.3 Å². The second-order valence-electron chi connectivity index (χ2n) is 7.03. The molecule has 0 saturated carbocycles. The zero-order valence-electron chi connectivity index (χ0n) is 16.7. The van der Waals surface area contributed by atoms with Crippen LogP contribution in [0.3, 0.4) is 0 Å². The number of likely N-dealkylation sites (tertiary alicyclic amines) is 1. The van der Waals surface area contributed by atoms with Crippen LogP contribution in [0.15, 0.2) is 41.4 Å². The highest BCUT2D eigenvalue weighted by Crippen LogP contribution is 2.28. The summed E-state index contributed by atoms with van der Waals surface area (Å²) in [4.78, 5) is 45.0. The van der Waals surface area contributed by atoms with E-state index in [4.69, 9.17) is 9.47 Å². The van der Waals surface area contributed by atoms with Crippen molar-refractivity contribution < 1.29 is 23.9 Å². The molecule has 2 saturated heterocycles. The molecule has 2 aromatic rings. The third-order valence-electron chi connectivity index (χ3n) is 4.79. The lowest BCUT2D eigenvalue weighted by Crippen LogP contribution is -2.40. The van der Waals surface area contributed by atoms with Gasteiger partial charge in [-0.3, -0.25) is 19.7 Å². The lowest BCUT2D eigenvalue weighted by molar-refractivity contribution is -0.130. The number of ether oxygens (including phenoxy) is 2. The van der Waals surface area contributed by atoms with E-state index in [1.807, 2.05) is 0 Å². The number of aromatic nitrogens is 2. The van der Waals surface area contributed by atoms with Gasteiger partial charge in [0.25, 0.3) is 11.1 Å². The maximum Gasteiger partial charge on any atom is 0.325 e. The molecular formula is C21H20N4O5S. The van der Waals surface area contributed by atoms with Crippen molar-refractivity contribution in [1.29, 1.82) is 0 Å². The molecule has 0 bridgehead atoms. The van der Waals surface area contributed by atoms with Crippen LogP contribution in [0, 0.1) is 0 Å². The normalized spacial score (nSPS) is 18.2. The summed E-state index contributed by atoms with van der Waals surface area (Å²) in [5.41, 5.74) is 0.703. The Balaban J connectivity index is 1.40. The van der Waals surface area contributed by atoms with Gasteiger partial charge in [-0.15, -0.1) is 0 Å². The number of carbonyl (C=O) groups excluding carboxylic acids is 3. The van der Waals surface area contributed by atoms with Gasteiger partial charge in [0, 0.05) is 45.1 Å². The second kappa shape index (κ2) is 9.17. The maximum absolute atomic E-state index is 11.7. The smallest absolute Gasteiger partial charge is 0.325 e. The number of carbonyl (C=O) groups is 3. The van der Waals surface area contributed by atoms with Crippen molar-refractivity contribution in [2.45, 2.75) is 25.9 Å². The molecule has 1 aromatic heterocycles. The monoisotopic (exact) mass is 440 g/mol. The van der Waals surface area contributed by atoms with E-state index in [1.165, 1.54) is 0 Å². The second-order valence-corrected chi connectivity index (χ2v) is 8.04. The van der Waals surface area contributed by atoms with Crippen molar-refractivity contribution >= 4 is 34.9 Å². The molecule has 0 atom stereocenters. The molecule has 0 unspecified atom stereocenters. The molecule has 9 nitrogen and oxygen atoms in total. The van der Waals surface area contributed by atoms with Crippen LogP contribution in [-0.2, 0) is 9.59 Å². The summed E-state index contributed by atoms with van der Waals surface area (Å²) < 4.78 is 11.7. The average Bonchev–Trinajstić information content (AvgIpc) is 3.05. The van der Waals surface area contributed by atoms with Crippen LogP contribution in [0.4, 0.5) is 4.79 Å². The number of rotatable bonds is 5. The minimum absolute atomic E-state index is 0.0222. The number of benzene rings is 1. The van der Waals surface area contributed by atoms with E-state index < -0.39 is 5.91 Å². The zero-order chi connectivity index (χ0) is 21.8. The molecule has 0 aliphatic carbocycles. The minimum Gasteiger partial charge on any atom is -0.474 e. The summed E-state index contributed by atoms with van der Waals surface area (Å²) in [6.45, 7) is 2.90. The molecule has 1 aromatic carbocycles. The number of amides is 3. The van der Waals surface area contributed by atoms with Crippen molar-refractivity contribution in [2.75, 3.05) is 13.1 Å². The molecule has 3 amide bonds. The third-order valence-corrected chi connectivity index (χ3v) is 5.60. The van der Waals surface area contributed by atoms with Gasteiger partial charge in [0.15, 0.2) is 0 Å². The van der Waals surface area contributed by atoms with Gasteiger partial charge in [-0.05, 0) is 35.5 Å². The van der Waals surface area contributed by atoms with Crippen LogP contribution in [-0.4, -0.2) is 51.1 Å². The maximum atomic E-state index is 11.7. The Kier molecular flexibility index (Phi) is 6.17. The van der Waals surface area contributed by atoms with Gasteiger partial charge in [0.05, 0.1) is 4.91 Å². The fourth-order valence-electron chi connectivity index (χ4n) is 3.24. The molecule has 2 aliphatic rings. The Morgan fingerprint density at radius 3 is 2.77 bits per heavy atom. The van der Waals surface area contributed by atoms with Gasteiger partial charge in [-0.2, -0.15) is 4.98 Å². The fourth-order valence-corrected chi connectivity index (χ4v) is 3.93. The van der Waals surface area contributed by atoms with Crippen LogP contribution >= 0.6 is 11.8 Å². The first-order chi connectivity index (χ1) is 15.0. The molecule has 0 spiro atoms. The van der Waals surface area contributed by atoms with Gasteiger partial charge >= 0.3 is 6.01 Å². The summed E-state index contributed by atoms with van der Waals surface area (Å²) in [7, 11) is 0. The number of hydrogen-bond acceptors (Lipinski definition) is 8. The summed E-state index contributed by atoms with van der Waals surface area (Å²) in [6, 6.07) is 8.82. The highest BCUT2D eigenvalue weighted by atomic mass is 32.2. The van der Waals surface area contributed by atoms with Crippen molar-refractivity contribution in [3.63, 3.8) is 0 Å². The lowest BCUT2D eigenvalue weighted by Gasteiger charge is -2.31. The highest BCUT2D eigenvalue weighted by Gasteiger charge is 2.25. The number of nitrogens with zero attached hydrogens (tertiary/aromatic N) is 3. The van der Waals surface area contributed by atoms with Crippen LogP contribution < -0.4 is 14.8 Å². The number of hydrogen-bond donors (Lipinski definition) is 1. The predicted octanol–water partition coefficient (Wildman–Crippen LogP) is 2.98. The Bertz CT molecular complexity index is 1050. The van der Waals surface area contributed by atoms with Gasteiger partial charge in [-0.1, -0.05) is 12.1 Å². The number of thioether (sulfide) groups is 1. The van der Waals surface area contributed by atoms with Gasteiger partial charge in [0.2, 0.25) is 11.8 Å². The molecule has 1 N–H and O–H groups in total. The lowest BCUT2D eigenvalue weighted by atomic mass is 10.1. The molecule has 10 heteroatoms. The highest BCUT2D eigenvalue weighted by molar-refractivity contribution is 8.18. The zero-order valence-corrected chi connectivity index (χ0v) is 17.6. The Morgan fingerprint density at radius 2 is 2.06 bits per heavy atom. The Labute approximate surface area is 182 Å². The molecule has 0 radical (unpaired) electrons. The molecular weight excluding hydrogens is 420 g/mol. The molecule has 2 aliphatic heterocycles. The van der Waals surface area contributed by atoms with Crippen LogP contribution in [0.2, 0.25) is 0 Å². The molecule has 4 rings (SSSR count). The van der Waals surface area contributed by atoms with E-state index >= 15 is 0 Å². The van der Waals surface area contributed by atoms with E-state index in [-0.39, 0.29) is 23.3 Å². The average molecular weight is 440 g/mol. The molecule has 3 heterocycles. The topological polar surface area (TPSA) is 111 Å². The van der Waals surface area contributed by atoms with E-state index in [1.54, 1.807) is 54.4 Å². The largest absolute Gasteiger partial charge is 0.474 e. The SMILES string of the molecule is CC(=O)N1CCC(Oc2ccnc(Oc3cccc(/C=C4\SC(=O)NC4=O)c3)n2)CC1. The first-order valence-corrected chi connectivity index (χ1v) is 10.6. The summed E-state index contributed by atoms with van der Waals surface area (Å²) in [5.74, 6) is 0.550. The van der Waals surface area contributed by atoms with Crippen molar-refractivity contribution in [3.05, 3.63) is 47.0 Å². The summed E-state index contributed by atoms with van der Waals surface area (Å²) in [6.07, 6.45) is 4.63. The number of nitrogens with one attached hydrogen (secondary N) is 1. The van der Waals surface area contributed by atoms with Crippen LogP contribution in [0.5, 0.6) is 17.6 Å². The molecule has 2 fully saturated rings. The van der Waals surface area contributed by atoms with Gasteiger partial charge in [-0.25, -0.2) is 4.98 Å². The van der Waals surface area contributed by atoms with E-state index in [0.717, 1.165) is 24.6 Å². The summed E-state index contributed by atoms with van der Waals surface area (Å²) >= 11 is 0.856. The van der Waals surface area contributed by atoms with Crippen LogP contribution in [0.1, 0.15) is 25.3 Å². The Hall–Kier alpha value is -3.40. The fraction of sp³-hybridized carbons (Fsp3) is 0.286. The van der Waals surface area contributed by atoms with E-state index in [0.29, 0.717) is 35.2 Å². The Morgan fingerprint density at radius 1 is 1.26 bits per heavy atom. The first kappa shape index (κ1) is 20.9. The quantitative estimate of drug-likeness (QED) is 0.707. The number of imide groups is 1. The minimum atomic E-state index is -0.413. The third kappa shape index (κ3) is 5.40. The molecule has 31 heavy (non-hydrogen) atoms. The first-order valence-electron chi connectivity index (χ1n) is 9.74. The predicted molar refractivity (Wildman–Crippen MR) is 114 cm³/mol. The number of piperidine rings is 1.